The van der Waals surface area contributed by atoms with Crippen LogP contribution in [0.5, 0.6) is 0 Å². The van der Waals surface area contributed by atoms with Crippen molar-refractivity contribution in [1.29, 1.82) is 0 Å². The summed E-state index contributed by atoms with van der Waals surface area (Å²) >= 11 is 0. The molecule has 0 radical (unpaired) electrons. The predicted octanol–water partition coefficient (Wildman–Crippen LogP) is 1.46. The molecular weight excluding hydrogens is 354 g/mol. The molecule has 7 nitrogen and oxygen atoms in total. The fourth-order valence-electron chi connectivity index (χ4n) is 3.57. The van der Waals surface area contributed by atoms with Crippen molar-refractivity contribution in [3.05, 3.63) is 30.3 Å². The Hall–Kier alpha value is -2.28. The normalized spacial score (nSPS) is 19.4. The summed E-state index contributed by atoms with van der Waals surface area (Å²) in [4.78, 5) is 20.5. The number of hydrogen-bond acceptors (Lipinski definition) is 4. The van der Waals surface area contributed by atoms with Gasteiger partial charge in [-0.3, -0.25) is 4.79 Å². The number of piperidine rings is 1. The van der Waals surface area contributed by atoms with Gasteiger partial charge in [0.2, 0.25) is 5.91 Å². The molecular formula is C21H33N5O2. The van der Waals surface area contributed by atoms with E-state index in [9.17, 15) is 4.79 Å². The Morgan fingerprint density at radius 3 is 2.29 bits per heavy atom. The zero-order valence-corrected chi connectivity index (χ0v) is 17.1. The molecule has 0 atom stereocenters. The number of anilines is 1. The lowest BCUT2D eigenvalue weighted by Gasteiger charge is -2.35. The summed E-state index contributed by atoms with van der Waals surface area (Å²) in [6.07, 6.45) is 4.03. The van der Waals surface area contributed by atoms with Gasteiger partial charge < -0.3 is 25.2 Å². The highest BCUT2D eigenvalue weighted by Gasteiger charge is 2.22. The van der Waals surface area contributed by atoms with Crippen molar-refractivity contribution in [2.45, 2.75) is 37.8 Å². The number of hydrogen-bond donors (Lipinski definition) is 2. The van der Waals surface area contributed by atoms with Crippen molar-refractivity contribution in [3.63, 3.8) is 0 Å². The van der Waals surface area contributed by atoms with E-state index in [1.54, 1.807) is 19.0 Å². The number of carbonyl (C=O) groups is 1. The van der Waals surface area contributed by atoms with Crippen molar-refractivity contribution < 1.29 is 9.53 Å². The number of likely N-dealkylation sites (N-methyl/N-ethyl adjacent to an activating group) is 1. The van der Waals surface area contributed by atoms with E-state index < -0.39 is 0 Å². The molecule has 0 bridgehead atoms. The van der Waals surface area contributed by atoms with Crippen LogP contribution in [0.3, 0.4) is 0 Å². The van der Waals surface area contributed by atoms with Crippen molar-refractivity contribution in [1.82, 2.24) is 15.5 Å². The molecule has 2 heterocycles. The minimum atomic E-state index is 0.00646. The van der Waals surface area contributed by atoms with Crippen LogP contribution < -0.4 is 15.5 Å². The van der Waals surface area contributed by atoms with Crippen LogP contribution >= 0.6 is 0 Å². The fourth-order valence-corrected chi connectivity index (χ4v) is 3.57. The summed E-state index contributed by atoms with van der Waals surface area (Å²) in [6, 6.07) is 11.3. The van der Waals surface area contributed by atoms with E-state index in [4.69, 9.17) is 4.74 Å². The van der Waals surface area contributed by atoms with E-state index in [1.807, 2.05) is 0 Å². The first-order chi connectivity index (χ1) is 13.6. The van der Waals surface area contributed by atoms with Crippen LogP contribution in [0.15, 0.2) is 35.3 Å². The van der Waals surface area contributed by atoms with Gasteiger partial charge in [-0.15, -0.1) is 0 Å². The zero-order valence-electron chi connectivity index (χ0n) is 17.1. The summed E-state index contributed by atoms with van der Waals surface area (Å²) in [5.74, 6) is 0.757. The monoisotopic (exact) mass is 387 g/mol. The maximum Gasteiger partial charge on any atom is 0.243 e. The minimum Gasteiger partial charge on any atom is -0.381 e. The second-order valence-electron chi connectivity index (χ2n) is 7.73. The van der Waals surface area contributed by atoms with E-state index in [1.165, 1.54) is 5.69 Å². The first kappa shape index (κ1) is 20.5. The van der Waals surface area contributed by atoms with Crippen molar-refractivity contribution in [3.8, 4) is 0 Å². The Morgan fingerprint density at radius 2 is 1.68 bits per heavy atom. The summed E-state index contributed by atoms with van der Waals surface area (Å²) < 4.78 is 5.45. The van der Waals surface area contributed by atoms with Crippen molar-refractivity contribution in [2.24, 2.45) is 4.99 Å². The first-order valence-corrected chi connectivity index (χ1v) is 10.3. The molecule has 1 aromatic carbocycles. The third kappa shape index (κ3) is 6.12. The van der Waals surface area contributed by atoms with Gasteiger partial charge in [0.1, 0.15) is 6.54 Å². The Balaban J connectivity index is 1.56. The Labute approximate surface area is 168 Å². The van der Waals surface area contributed by atoms with Crippen LogP contribution in [0.1, 0.15) is 25.7 Å². The molecule has 1 amide bonds. The summed E-state index contributed by atoms with van der Waals surface area (Å²) in [5, 5.41) is 7.09. The van der Waals surface area contributed by atoms with E-state index in [0.717, 1.165) is 57.9 Å². The fraction of sp³-hybridized carbons (Fsp3) is 0.619. The lowest BCUT2D eigenvalue weighted by molar-refractivity contribution is -0.127. The molecule has 0 unspecified atom stereocenters. The highest BCUT2D eigenvalue weighted by atomic mass is 16.5. The molecule has 0 aromatic heterocycles. The third-order valence-corrected chi connectivity index (χ3v) is 5.39. The van der Waals surface area contributed by atoms with Gasteiger partial charge in [-0.1, -0.05) is 18.2 Å². The third-order valence-electron chi connectivity index (χ3n) is 5.39. The molecule has 0 spiro atoms. The number of amides is 1. The highest BCUT2D eigenvalue weighted by molar-refractivity contribution is 5.85. The average Bonchev–Trinajstić information content (AvgIpc) is 2.73. The number of aliphatic imine (C=N–C) groups is 1. The molecule has 2 fully saturated rings. The molecule has 1 aromatic rings. The number of ether oxygens (including phenoxy) is 1. The van der Waals surface area contributed by atoms with Crippen LogP contribution in [0, 0.1) is 0 Å². The zero-order chi connectivity index (χ0) is 19.8. The highest BCUT2D eigenvalue weighted by Crippen LogP contribution is 2.19. The lowest BCUT2D eigenvalue weighted by Crippen LogP contribution is -2.52. The predicted molar refractivity (Wildman–Crippen MR) is 113 cm³/mol. The van der Waals surface area contributed by atoms with Crippen molar-refractivity contribution in [2.75, 3.05) is 51.8 Å². The van der Waals surface area contributed by atoms with E-state index in [-0.39, 0.29) is 12.5 Å². The number of guanidine groups is 1. The largest absolute Gasteiger partial charge is 0.381 e. The van der Waals surface area contributed by atoms with Crippen LogP contribution in [-0.4, -0.2) is 75.8 Å². The van der Waals surface area contributed by atoms with Crippen LogP contribution in [0.2, 0.25) is 0 Å². The Morgan fingerprint density at radius 1 is 1.07 bits per heavy atom. The number of nitrogens with zero attached hydrogens (tertiary/aromatic N) is 3. The van der Waals surface area contributed by atoms with E-state index >= 15 is 0 Å². The van der Waals surface area contributed by atoms with Gasteiger partial charge in [-0.25, -0.2) is 4.99 Å². The molecule has 2 aliphatic rings. The standard InChI is InChI=1S/C21H33N5O2/c1-25(2)20(27)16-22-21(24-18-10-14-28-15-11-18)23-17-8-12-26(13-9-17)19-6-4-3-5-7-19/h3-7,17-18H,8-16H2,1-2H3,(H2,22,23,24). The number of nitrogens with one attached hydrogen (secondary N) is 2. The molecule has 2 saturated heterocycles. The number of para-hydroxylation sites is 1. The lowest BCUT2D eigenvalue weighted by atomic mass is 10.0. The first-order valence-electron chi connectivity index (χ1n) is 10.3. The Bertz CT molecular complexity index is 635. The quantitative estimate of drug-likeness (QED) is 0.591. The van der Waals surface area contributed by atoms with Gasteiger partial charge in [0.15, 0.2) is 5.96 Å². The van der Waals surface area contributed by atoms with E-state index in [2.05, 4.69) is 50.9 Å². The van der Waals surface area contributed by atoms with Gasteiger partial charge in [-0.2, -0.15) is 0 Å². The summed E-state index contributed by atoms with van der Waals surface area (Å²) in [5.41, 5.74) is 1.28. The second kappa shape index (κ2) is 10.3. The van der Waals surface area contributed by atoms with Gasteiger partial charge in [0, 0.05) is 58.2 Å². The number of benzene rings is 1. The van der Waals surface area contributed by atoms with Gasteiger partial charge >= 0.3 is 0 Å². The molecule has 3 rings (SSSR count). The number of carbonyl (C=O) groups excluding carboxylic acids is 1. The van der Waals surface area contributed by atoms with Gasteiger partial charge in [-0.05, 0) is 37.8 Å². The molecule has 2 aliphatic heterocycles. The SMILES string of the molecule is CN(C)C(=O)CN=C(NC1CCOCC1)NC1CCN(c2ccccc2)CC1. The molecule has 2 N–H and O–H groups in total. The van der Waals surface area contributed by atoms with Crippen LogP contribution in [-0.2, 0) is 9.53 Å². The molecule has 7 heteroatoms. The smallest absolute Gasteiger partial charge is 0.243 e. The number of rotatable bonds is 5. The molecule has 28 heavy (non-hydrogen) atoms. The summed E-state index contributed by atoms with van der Waals surface area (Å²) in [6.45, 7) is 3.74. The van der Waals surface area contributed by atoms with E-state index in [0.29, 0.717) is 12.1 Å². The maximum absolute atomic E-state index is 12.0. The van der Waals surface area contributed by atoms with Gasteiger partial charge in [0.25, 0.3) is 0 Å². The topological polar surface area (TPSA) is 69.2 Å². The summed E-state index contributed by atoms with van der Waals surface area (Å²) in [7, 11) is 3.52. The molecule has 0 aliphatic carbocycles. The second-order valence-corrected chi connectivity index (χ2v) is 7.73. The minimum absolute atomic E-state index is 0.00646. The average molecular weight is 388 g/mol. The molecule has 154 valence electrons. The maximum atomic E-state index is 12.0. The van der Waals surface area contributed by atoms with Crippen molar-refractivity contribution >= 4 is 17.6 Å². The van der Waals surface area contributed by atoms with Gasteiger partial charge in [0.05, 0.1) is 0 Å². The Kier molecular flexibility index (Phi) is 7.54. The van der Waals surface area contributed by atoms with Crippen LogP contribution in [0.4, 0.5) is 5.69 Å². The molecule has 0 saturated carbocycles. The van der Waals surface area contributed by atoms with Crippen LogP contribution in [0.25, 0.3) is 0 Å².